The molecule has 1 heterocycles. The summed E-state index contributed by atoms with van der Waals surface area (Å²) >= 11 is 0. The van der Waals surface area contributed by atoms with Crippen molar-refractivity contribution in [2.75, 3.05) is 6.54 Å². The molecule has 1 N–H and O–H groups in total. The zero-order valence-corrected chi connectivity index (χ0v) is 12.3. The van der Waals surface area contributed by atoms with Crippen molar-refractivity contribution in [2.45, 2.75) is 38.3 Å². The predicted molar refractivity (Wildman–Crippen MR) is 82.3 cm³/mol. The van der Waals surface area contributed by atoms with Gasteiger partial charge in [-0.25, -0.2) is 9.97 Å². The van der Waals surface area contributed by atoms with Crippen molar-refractivity contribution in [3.8, 4) is 5.75 Å². The second-order valence-corrected chi connectivity index (χ2v) is 5.41. The molecule has 110 valence electrons. The van der Waals surface area contributed by atoms with E-state index in [9.17, 15) is 0 Å². The summed E-state index contributed by atoms with van der Waals surface area (Å²) in [6.07, 6.45) is 7.23. The summed E-state index contributed by atoms with van der Waals surface area (Å²) in [5.41, 5.74) is 2.17. The second-order valence-electron chi connectivity index (χ2n) is 5.41. The van der Waals surface area contributed by atoms with Crippen LogP contribution in [0, 0.1) is 0 Å². The Morgan fingerprint density at radius 2 is 2.24 bits per heavy atom. The minimum atomic E-state index is 0.0794. The number of aromatic nitrogens is 2. The summed E-state index contributed by atoms with van der Waals surface area (Å²) < 4.78 is 5.90. The fraction of sp³-hybridized carbons (Fsp3) is 0.412. The highest BCUT2D eigenvalue weighted by Crippen LogP contribution is 2.29. The van der Waals surface area contributed by atoms with E-state index in [1.54, 1.807) is 12.5 Å². The fourth-order valence-electron chi connectivity index (χ4n) is 2.30. The monoisotopic (exact) mass is 283 g/mol. The van der Waals surface area contributed by atoms with Crippen LogP contribution in [0.5, 0.6) is 5.75 Å². The van der Waals surface area contributed by atoms with E-state index in [-0.39, 0.29) is 6.04 Å². The van der Waals surface area contributed by atoms with Gasteiger partial charge in [0, 0.05) is 6.20 Å². The van der Waals surface area contributed by atoms with E-state index in [0.717, 1.165) is 24.4 Å². The van der Waals surface area contributed by atoms with Crippen molar-refractivity contribution in [2.24, 2.45) is 0 Å². The third-order valence-electron chi connectivity index (χ3n) is 3.52. The van der Waals surface area contributed by atoms with Crippen molar-refractivity contribution in [3.63, 3.8) is 0 Å². The molecule has 0 radical (unpaired) electrons. The lowest BCUT2D eigenvalue weighted by Gasteiger charge is -2.19. The van der Waals surface area contributed by atoms with Crippen LogP contribution in [-0.4, -0.2) is 22.6 Å². The van der Waals surface area contributed by atoms with Gasteiger partial charge in [0.2, 0.25) is 0 Å². The maximum Gasteiger partial charge on any atom is 0.120 e. The Morgan fingerprint density at radius 3 is 2.95 bits per heavy atom. The molecule has 3 rings (SSSR count). The molecule has 21 heavy (non-hydrogen) atoms. The second kappa shape index (κ2) is 6.68. The normalized spacial score (nSPS) is 15.7. The number of hydrogen-bond acceptors (Lipinski definition) is 4. The minimum absolute atomic E-state index is 0.0794. The van der Waals surface area contributed by atoms with Crippen LogP contribution in [0.2, 0.25) is 0 Å². The van der Waals surface area contributed by atoms with Crippen molar-refractivity contribution < 1.29 is 4.74 Å². The molecule has 0 aliphatic heterocycles. The standard InChI is InChI=1S/C17H21N3O/c1-2-9-19-17(16-8-10-18-12-20-16)13-4-3-5-15(11-13)21-14-6-7-14/h3-5,8,10-12,14,17,19H,2,6-7,9H2,1H3. The molecule has 0 saturated heterocycles. The first-order valence-electron chi connectivity index (χ1n) is 7.62. The number of nitrogens with one attached hydrogen (secondary N) is 1. The lowest BCUT2D eigenvalue weighted by molar-refractivity contribution is 0.302. The molecule has 1 aromatic carbocycles. The SMILES string of the molecule is CCCNC(c1cccc(OC2CC2)c1)c1ccncn1. The van der Waals surface area contributed by atoms with E-state index < -0.39 is 0 Å². The maximum absolute atomic E-state index is 5.90. The van der Waals surface area contributed by atoms with Gasteiger partial charge in [-0.05, 0) is 49.6 Å². The maximum atomic E-state index is 5.90. The lowest BCUT2D eigenvalue weighted by Crippen LogP contribution is -2.24. The van der Waals surface area contributed by atoms with Crippen LogP contribution in [0.15, 0.2) is 42.9 Å². The van der Waals surface area contributed by atoms with Crippen LogP contribution in [-0.2, 0) is 0 Å². The topological polar surface area (TPSA) is 47.0 Å². The summed E-state index contributed by atoms with van der Waals surface area (Å²) in [4.78, 5) is 8.40. The number of rotatable bonds is 7. The van der Waals surface area contributed by atoms with Gasteiger partial charge in [0.15, 0.2) is 0 Å². The largest absolute Gasteiger partial charge is 0.490 e. The quantitative estimate of drug-likeness (QED) is 0.848. The van der Waals surface area contributed by atoms with Crippen molar-refractivity contribution >= 4 is 0 Å². The van der Waals surface area contributed by atoms with Crippen LogP contribution < -0.4 is 10.1 Å². The van der Waals surface area contributed by atoms with E-state index in [4.69, 9.17) is 4.74 Å². The van der Waals surface area contributed by atoms with E-state index in [1.807, 2.05) is 12.1 Å². The number of ether oxygens (including phenoxy) is 1. The van der Waals surface area contributed by atoms with Crippen molar-refractivity contribution in [1.29, 1.82) is 0 Å². The van der Waals surface area contributed by atoms with Crippen molar-refractivity contribution in [3.05, 3.63) is 54.1 Å². The average Bonchev–Trinajstić information content (AvgIpc) is 3.33. The van der Waals surface area contributed by atoms with E-state index in [2.05, 4.69) is 40.4 Å². The molecule has 1 atom stereocenters. The van der Waals surface area contributed by atoms with Gasteiger partial charge < -0.3 is 10.1 Å². The summed E-state index contributed by atoms with van der Waals surface area (Å²) in [5.74, 6) is 0.951. The predicted octanol–water partition coefficient (Wildman–Crippen LogP) is 3.11. The molecule has 1 unspecified atom stereocenters. The average molecular weight is 283 g/mol. The van der Waals surface area contributed by atoms with Crippen LogP contribution in [0.3, 0.4) is 0 Å². The number of benzene rings is 1. The molecule has 0 amide bonds. The molecular weight excluding hydrogens is 262 g/mol. The lowest BCUT2D eigenvalue weighted by atomic mass is 10.0. The molecular formula is C17H21N3O. The molecule has 1 saturated carbocycles. The molecule has 1 aliphatic rings. The molecule has 4 heteroatoms. The van der Waals surface area contributed by atoms with Gasteiger partial charge in [-0.2, -0.15) is 0 Å². The Kier molecular flexibility index (Phi) is 4.46. The fourth-order valence-corrected chi connectivity index (χ4v) is 2.30. The summed E-state index contributed by atoms with van der Waals surface area (Å²) in [7, 11) is 0. The highest BCUT2D eigenvalue weighted by Gasteiger charge is 2.24. The van der Waals surface area contributed by atoms with E-state index in [0.29, 0.717) is 6.10 Å². The first-order valence-corrected chi connectivity index (χ1v) is 7.62. The first kappa shape index (κ1) is 14.0. The van der Waals surface area contributed by atoms with Gasteiger partial charge in [-0.3, -0.25) is 0 Å². The van der Waals surface area contributed by atoms with Crippen LogP contribution in [0.1, 0.15) is 43.5 Å². The van der Waals surface area contributed by atoms with Gasteiger partial charge in [0.05, 0.1) is 17.8 Å². The first-order chi connectivity index (χ1) is 10.4. The highest BCUT2D eigenvalue weighted by atomic mass is 16.5. The zero-order chi connectivity index (χ0) is 14.5. The minimum Gasteiger partial charge on any atom is -0.490 e. The number of hydrogen-bond donors (Lipinski definition) is 1. The Bertz CT molecular complexity index is 569. The van der Waals surface area contributed by atoms with Gasteiger partial charge in [-0.1, -0.05) is 19.1 Å². The summed E-state index contributed by atoms with van der Waals surface area (Å²) in [5, 5.41) is 3.55. The van der Waals surface area contributed by atoms with Crippen molar-refractivity contribution in [1.82, 2.24) is 15.3 Å². The molecule has 1 aromatic heterocycles. The van der Waals surface area contributed by atoms with Gasteiger partial charge in [-0.15, -0.1) is 0 Å². The molecule has 0 spiro atoms. The highest BCUT2D eigenvalue weighted by molar-refractivity contribution is 5.34. The Hall–Kier alpha value is -1.94. The molecule has 1 aliphatic carbocycles. The molecule has 2 aromatic rings. The molecule has 4 nitrogen and oxygen atoms in total. The van der Waals surface area contributed by atoms with Crippen LogP contribution in [0.25, 0.3) is 0 Å². The van der Waals surface area contributed by atoms with E-state index >= 15 is 0 Å². The molecule has 1 fully saturated rings. The summed E-state index contributed by atoms with van der Waals surface area (Å²) in [6.45, 7) is 3.11. The van der Waals surface area contributed by atoms with E-state index in [1.165, 1.54) is 18.4 Å². The van der Waals surface area contributed by atoms with Gasteiger partial charge in [0.1, 0.15) is 12.1 Å². The third-order valence-corrected chi connectivity index (χ3v) is 3.52. The van der Waals surface area contributed by atoms with Crippen LogP contribution >= 0.6 is 0 Å². The Balaban J connectivity index is 1.84. The van der Waals surface area contributed by atoms with Gasteiger partial charge in [0.25, 0.3) is 0 Å². The Morgan fingerprint density at radius 1 is 1.33 bits per heavy atom. The molecule has 0 bridgehead atoms. The summed E-state index contributed by atoms with van der Waals surface area (Å²) in [6, 6.07) is 10.4. The smallest absolute Gasteiger partial charge is 0.120 e. The third kappa shape index (κ3) is 3.79. The van der Waals surface area contributed by atoms with Gasteiger partial charge >= 0.3 is 0 Å². The zero-order valence-electron chi connectivity index (χ0n) is 12.3. The number of nitrogens with zero attached hydrogens (tertiary/aromatic N) is 2. The Labute approximate surface area is 125 Å². The van der Waals surface area contributed by atoms with Crippen LogP contribution in [0.4, 0.5) is 0 Å².